The first kappa shape index (κ1) is 30.0. The van der Waals surface area contributed by atoms with Crippen LogP contribution < -0.4 is 22.5 Å². The van der Waals surface area contributed by atoms with Crippen molar-refractivity contribution in [3.8, 4) is 0 Å². The zero-order valence-electron chi connectivity index (χ0n) is 18.0. The monoisotopic (exact) mass is 432 g/mol. The summed E-state index contributed by atoms with van der Waals surface area (Å²) in [5.74, 6) is 8.15. The molecule has 0 aliphatic rings. The Bertz CT molecular complexity index is 432. The predicted octanol–water partition coefficient (Wildman–Crippen LogP) is 2.36. The minimum atomic E-state index is -0.727. The smallest absolute Gasteiger partial charge is 0.303 e. The summed E-state index contributed by atoms with van der Waals surface area (Å²) in [6.45, 7) is 0. The molecule has 0 aromatic rings. The topological polar surface area (TPSA) is 185 Å². The molecule has 2 amide bonds. The minimum absolute atomic E-state index is 0.124. The van der Waals surface area contributed by atoms with Gasteiger partial charge in [-0.1, -0.05) is 51.4 Å². The summed E-state index contributed by atoms with van der Waals surface area (Å²) in [6.07, 6.45) is 12.8. The highest BCUT2D eigenvalue weighted by Gasteiger charge is 2.00. The normalized spacial score (nSPS) is 9.93. The zero-order chi connectivity index (χ0) is 23.0. The maximum Gasteiger partial charge on any atom is 0.303 e. The summed E-state index contributed by atoms with van der Waals surface area (Å²) in [5, 5.41) is 16.8. The van der Waals surface area contributed by atoms with Gasteiger partial charge in [-0.25, -0.2) is 11.7 Å². The molecule has 0 spiro atoms. The number of nitrogens with one attached hydrogen (secondary N) is 2. The Morgan fingerprint density at radius 3 is 0.933 bits per heavy atom. The summed E-state index contributed by atoms with van der Waals surface area (Å²) < 4.78 is 0. The molecule has 0 atom stereocenters. The zero-order valence-corrected chi connectivity index (χ0v) is 18.0. The number of nitrogens with two attached hydrogens (primary N) is 2. The SMILES string of the molecule is NNC(=O)CCCCCCCCC(=O)O.NNC(=O)CCCCCCCCC(=O)O. The van der Waals surface area contributed by atoms with Gasteiger partial charge in [0.1, 0.15) is 0 Å². The summed E-state index contributed by atoms with van der Waals surface area (Å²) in [4.78, 5) is 41.8. The maximum atomic E-state index is 10.7. The van der Waals surface area contributed by atoms with Gasteiger partial charge in [0.05, 0.1) is 0 Å². The summed E-state index contributed by atoms with van der Waals surface area (Å²) >= 11 is 0. The van der Waals surface area contributed by atoms with E-state index in [1.165, 1.54) is 0 Å². The Balaban J connectivity index is 0. The van der Waals surface area contributed by atoms with Gasteiger partial charge in [-0.15, -0.1) is 0 Å². The third-order valence-corrected chi connectivity index (χ3v) is 4.41. The van der Waals surface area contributed by atoms with Crippen molar-refractivity contribution in [1.29, 1.82) is 0 Å². The Labute approximate surface area is 179 Å². The van der Waals surface area contributed by atoms with Crippen molar-refractivity contribution in [2.24, 2.45) is 11.7 Å². The summed E-state index contributed by atoms with van der Waals surface area (Å²) in [5.41, 5.74) is 4.17. The molecular weight excluding hydrogens is 392 g/mol. The largest absolute Gasteiger partial charge is 0.481 e. The first-order valence-corrected chi connectivity index (χ1v) is 10.8. The molecule has 10 heteroatoms. The van der Waals surface area contributed by atoms with Crippen molar-refractivity contribution in [3.63, 3.8) is 0 Å². The average Bonchev–Trinajstić information content (AvgIpc) is 2.71. The number of carbonyl (C=O) groups excluding carboxylic acids is 2. The van der Waals surface area contributed by atoms with E-state index in [-0.39, 0.29) is 24.7 Å². The highest BCUT2D eigenvalue weighted by Crippen LogP contribution is 2.09. The lowest BCUT2D eigenvalue weighted by Gasteiger charge is -2.00. The van der Waals surface area contributed by atoms with E-state index in [9.17, 15) is 19.2 Å². The fourth-order valence-electron chi connectivity index (χ4n) is 2.68. The molecule has 8 N–H and O–H groups in total. The van der Waals surface area contributed by atoms with Crippen LogP contribution in [0.5, 0.6) is 0 Å². The fraction of sp³-hybridized carbons (Fsp3) is 0.800. The average molecular weight is 433 g/mol. The minimum Gasteiger partial charge on any atom is -0.481 e. The van der Waals surface area contributed by atoms with Crippen LogP contribution >= 0.6 is 0 Å². The van der Waals surface area contributed by atoms with Gasteiger partial charge in [0.2, 0.25) is 11.8 Å². The van der Waals surface area contributed by atoms with E-state index in [1.807, 2.05) is 0 Å². The second-order valence-electron chi connectivity index (χ2n) is 7.17. The second kappa shape index (κ2) is 23.1. The Morgan fingerprint density at radius 2 is 0.700 bits per heavy atom. The van der Waals surface area contributed by atoms with Crippen molar-refractivity contribution in [1.82, 2.24) is 10.9 Å². The van der Waals surface area contributed by atoms with Gasteiger partial charge in [-0.2, -0.15) is 0 Å². The molecule has 0 radical (unpaired) electrons. The highest BCUT2D eigenvalue weighted by atomic mass is 16.4. The van der Waals surface area contributed by atoms with E-state index < -0.39 is 11.9 Å². The molecule has 0 aliphatic carbocycles. The van der Waals surface area contributed by atoms with Gasteiger partial charge in [0, 0.05) is 25.7 Å². The van der Waals surface area contributed by atoms with Gasteiger partial charge in [0.15, 0.2) is 0 Å². The molecular formula is C20H40N4O6. The number of amides is 2. The van der Waals surface area contributed by atoms with Crippen molar-refractivity contribution in [2.75, 3.05) is 0 Å². The molecule has 0 bridgehead atoms. The molecule has 0 unspecified atom stereocenters. The quantitative estimate of drug-likeness (QED) is 0.0824. The van der Waals surface area contributed by atoms with Crippen LogP contribution in [0.25, 0.3) is 0 Å². The van der Waals surface area contributed by atoms with Crippen LogP contribution in [-0.4, -0.2) is 34.0 Å². The van der Waals surface area contributed by atoms with Gasteiger partial charge in [-0.3, -0.25) is 30.0 Å². The molecule has 30 heavy (non-hydrogen) atoms. The molecule has 0 heterocycles. The molecule has 0 aromatic heterocycles. The first-order chi connectivity index (χ1) is 14.3. The van der Waals surface area contributed by atoms with E-state index in [2.05, 4.69) is 10.9 Å². The lowest BCUT2D eigenvalue weighted by atomic mass is 10.1. The van der Waals surface area contributed by atoms with Crippen LogP contribution in [0.15, 0.2) is 0 Å². The number of carboxylic acids is 2. The van der Waals surface area contributed by atoms with E-state index in [0.29, 0.717) is 12.8 Å². The van der Waals surface area contributed by atoms with Gasteiger partial charge in [-0.05, 0) is 25.7 Å². The number of rotatable bonds is 18. The molecule has 0 rings (SSSR count). The molecule has 176 valence electrons. The van der Waals surface area contributed by atoms with Crippen molar-refractivity contribution in [2.45, 2.75) is 103 Å². The number of hydrazine groups is 2. The molecule has 0 saturated heterocycles. The van der Waals surface area contributed by atoms with Crippen LogP contribution in [0.1, 0.15) is 103 Å². The molecule has 0 aliphatic heterocycles. The summed E-state index contributed by atoms with van der Waals surface area (Å²) in [7, 11) is 0. The van der Waals surface area contributed by atoms with Crippen LogP contribution in [0, 0.1) is 0 Å². The Kier molecular flexibility index (Phi) is 23.1. The predicted molar refractivity (Wildman–Crippen MR) is 114 cm³/mol. The number of aliphatic carboxylic acids is 2. The number of carboxylic acid groups (broad SMARTS) is 2. The van der Waals surface area contributed by atoms with Gasteiger partial charge < -0.3 is 10.2 Å². The maximum absolute atomic E-state index is 10.7. The molecule has 10 nitrogen and oxygen atoms in total. The van der Waals surface area contributed by atoms with Crippen molar-refractivity contribution in [3.05, 3.63) is 0 Å². The number of hydrogen-bond donors (Lipinski definition) is 6. The van der Waals surface area contributed by atoms with E-state index >= 15 is 0 Å². The van der Waals surface area contributed by atoms with E-state index in [4.69, 9.17) is 21.9 Å². The van der Waals surface area contributed by atoms with Crippen molar-refractivity contribution >= 4 is 23.8 Å². The van der Waals surface area contributed by atoms with Gasteiger partial charge >= 0.3 is 11.9 Å². The van der Waals surface area contributed by atoms with Gasteiger partial charge in [0.25, 0.3) is 0 Å². The van der Waals surface area contributed by atoms with Crippen LogP contribution in [-0.2, 0) is 19.2 Å². The standard InChI is InChI=1S/2C10H20N2O3/c2*11-12-9(13)7-5-3-1-2-4-6-8-10(14)15/h2*1-8,11H2,(H,12,13)(H,14,15). The van der Waals surface area contributed by atoms with E-state index in [0.717, 1.165) is 77.0 Å². The van der Waals surface area contributed by atoms with Crippen LogP contribution in [0.2, 0.25) is 0 Å². The molecule has 0 saturated carbocycles. The number of carbonyl (C=O) groups is 4. The lowest BCUT2D eigenvalue weighted by Crippen LogP contribution is -2.29. The second-order valence-corrected chi connectivity index (χ2v) is 7.17. The molecule has 0 aromatic carbocycles. The lowest BCUT2D eigenvalue weighted by molar-refractivity contribution is -0.138. The van der Waals surface area contributed by atoms with E-state index in [1.54, 1.807) is 0 Å². The molecule has 0 fully saturated rings. The van der Waals surface area contributed by atoms with Crippen LogP contribution in [0.4, 0.5) is 0 Å². The number of hydrogen-bond acceptors (Lipinski definition) is 6. The summed E-state index contributed by atoms with van der Waals surface area (Å²) in [6, 6.07) is 0. The third-order valence-electron chi connectivity index (χ3n) is 4.41. The first-order valence-electron chi connectivity index (χ1n) is 10.8. The third kappa shape index (κ3) is 28.0. The Morgan fingerprint density at radius 1 is 0.467 bits per heavy atom. The van der Waals surface area contributed by atoms with Crippen LogP contribution in [0.3, 0.4) is 0 Å². The highest BCUT2D eigenvalue weighted by molar-refractivity contribution is 5.75. The van der Waals surface area contributed by atoms with Crippen molar-refractivity contribution < 1.29 is 29.4 Å². The number of unbranched alkanes of at least 4 members (excludes halogenated alkanes) is 10. The Hall–Kier alpha value is -2.20. The fourth-order valence-corrected chi connectivity index (χ4v) is 2.68.